The van der Waals surface area contributed by atoms with Gasteiger partial charge in [-0.1, -0.05) is 12.1 Å². The lowest BCUT2D eigenvalue weighted by Gasteiger charge is -2.10. The molecule has 34 heavy (non-hydrogen) atoms. The van der Waals surface area contributed by atoms with Crippen LogP contribution in [-0.2, 0) is 13.0 Å². The Balaban J connectivity index is 1.56. The van der Waals surface area contributed by atoms with Gasteiger partial charge in [0.1, 0.15) is 17.4 Å². The molecule has 0 saturated carbocycles. The summed E-state index contributed by atoms with van der Waals surface area (Å²) in [6.45, 7) is 2.83. The molecule has 0 aliphatic rings. The molecular formula is C27H23FN4O2. The normalized spacial score (nSPS) is 11.1. The Morgan fingerprint density at radius 1 is 1.06 bits per heavy atom. The summed E-state index contributed by atoms with van der Waals surface area (Å²) < 4.78 is 23.0. The van der Waals surface area contributed by atoms with Crippen molar-refractivity contribution in [1.82, 2.24) is 19.3 Å². The lowest BCUT2D eigenvalue weighted by molar-refractivity contribution is 0.112. The van der Waals surface area contributed by atoms with Gasteiger partial charge in [0.25, 0.3) is 0 Å². The first-order chi connectivity index (χ1) is 16.6. The molecule has 0 N–H and O–H groups in total. The molecule has 0 bridgehead atoms. The SMILES string of the molecule is CCn1c(Cc2ccnn2-c2cccc(F)c2)nc2cc(-c3cc(OC)ccc3C=O)ccc21. The summed E-state index contributed by atoms with van der Waals surface area (Å²) in [6.07, 6.45) is 3.09. The largest absolute Gasteiger partial charge is 0.497 e. The van der Waals surface area contributed by atoms with Gasteiger partial charge in [-0.25, -0.2) is 14.1 Å². The summed E-state index contributed by atoms with van der Waals surface area (Å²) in [5.74, 6) is 1.26. The number of nitrogens with zero attached hydrogens (tertiary/aromatic N) is 4. The van der Waals surface area contributed by atoms with Gasteiger partial charge >= 0.3 is 0 Å². The van der Waals surface area contributed by atoms with E-state index < -0.39 is 0 Å². The van der Waals surface area contributed by atoms with Crippen LogP contribution in [0.4, 0.5) is 4.39 Å². The zero-order valence-corrected chi connectivity index (χ0v) is 18.9. The number of rotatable bonds is 7. The second-order valence-corrected chi connectivity index (χ2v) is 7.94. The second kappa shape index (κ2) is 8.94. The molecular weight excluding hydrogens is 431 g/mol. The van der Waals surface area contributed by atoms with E-state index in [1.165, 1.54) is 12.1 Å². The quantitative estimate of drug-likeness (QED) is 0.307. The fourth-order valence-corrected chi connectivity index (χ4v) is 4.32. The van der Waals surface area contributed by atoms with Crippen molar-refractivity contribution in [3.8, 4) is 22.6 Å². The molecule has 0 amide bonds. The summed E-state index contributed by atoms with van der Waals surface area (Å²) in [6, 6.07) is 19.7. The highest BCUT2D eigenvalue weighted by atomic mass is 19.1. The number of ether oxygens (including phenoxy) is 1. The zero-order valence-electron chi connectivity index (χ0n) is 18.9. The molecule has 0 atom stereocenters. The van der Waals surface area contributed by atoms with E-state index >= 15 is 0 Å². The van der Waals surface area contributed by atoms with Crippen LogP contribution in [0.25, 0.3) is 27.8 Å². The molecule has 3 aromatic carbocycles. The highest BCUT2D eigenvalue weighted by Gasteiger charge is 2.15. The molecule has 0 unspecified atom stereocenters. The number of aldehydes is 1. The van der Waals surface area contributed by atoms with Gasteiger partial charge in [-0.15, -0.1) is 0 Å². The molecule has 2 heterocycles. The van der Waals surface area contributed by atoms with Gasteiger partial charge in [-0.05, 0) is 72.6 Å². The average Bonchev–Trinajstić information content (AvgIpc) is 3.47. The zero-order chi connectivity index (χ0) is 23.7. The van der Waals surface area contributed by atoms with Crippen LogP contribution < -0.4 is 4.74 Å². The number of fused-ring (bicyclic) bond motifs is 1. The second-order valence-electron chi connectivity index (χ2n) is 7.94. The van der Waals surface area contributed by atoms with Gasteiger partial charge in [-0.2, -0.15) is 5.10 Å². The van der Waals surface area contributed by atoms with Crippen molar-refractivity contribution in [2.24, 2.45) is 0 Å². The summed E-state index contributed by atoms with van der Waals surface area (Å²) in [4.78, 5) is 16.5. The third-order valence-electron chi connectivity index (χ3n) is 5.96. The van der Waals surface area contributed by atoms with Crippen LogP contribution in [0.15, 0.2) is 72.9 Å². The van der Waals surface area contributed by atoms with Gasteiger partial charge in [0, 0.05) is 24.7 Å². The Labute approximate surface area is 196 Å². The predicted octanol–water partition coefficient (Wildman–Crippen LogP) is 5.46. The minimum atomic E-state index is -0.306. The fourth-order valence-electron chi connectivity index (χ4n) is 4.32. The van der Waals surface area contributed by atoms with Crippen molar-refractivity contribution >= 4 is 17.3 Å². The fraction of sp³-hybridized carbons (Fsp3) is 0.148. The van der Waals surface area contributed by atoms with Crippen LogP contribution in [0.3, 0.4) is 0 Å². The van der Waals surface area contributed by atoms with E-state index in [0.29, 0.717) is 23.4 Å². The average molecular weight is 455 g/mol. The maximum atomic E-state index is 13.8. The number of benzene rings is 3. The highest BCUT2D eigenvalue weighted by Crippen LogP contribution is 2.30. The van der Waals surface area contributed by atoms with Crippen molar-refractivity contribution < 1.29 is 13.9 Å². The van der Waals surface area contributed by atoms with Crippen molar-refractivity contribution in [3.63, 3.8) is 0 Å². The first kappa shape index (κ1) is 21.6. The molecule has 170 valence electrons. The van der Waals surface area contributed by atoms with Crippen LogP contribution in [0, 0.1) is 5.82 Å². The molecule has 5 rings (SSSR count). The Kier molecular flexibility index (Phi) is 5.67. The Morgan fingerprint density at radius 3 is 2.71 bits per heavy atom. The molecule has 5 aromatic rings. The lowest BCUT2D eigenvalue weighted by atomic mass is 9.99. The van der Waals surface area contributed by atoms with E-state index in [9.17, 15) is 9.18 Å². The number of carbonyl (C=O) groups is 1. The minimum Gasteiger partial charge on any atom is -0.497 e. The molecule has 0 radical (unpaired) electrons. The number of aromatic nitrogens is 4. The van der Waals surface area contributed by atoms with Crippen LogP contribution >= 0.6 is 0 Å². The van der Waals surface area contributed by atoms with Crippen LogP contribution in [0.5, 0.6) is 5.75 Å². The molecule has 0 spiro atoms. The third-order valence-corrected chi connectivity index (χ3v) is 5.96. The molecule has 0 saturated heterocycles. The van der Waals surface area contributed by atoms with Gasteiger partial charge in [0.15, 0.2) is 6.29 Å². The first-order valence-corrected chi connectivity index (χ1v) is 11.0. The third kappa shape index (κ3) is 3.85. The molecule has 2 aromatic heterocycles. The lowest BCUT2D eigenvalue weighted by Crippen LogP contribution is -2.07. The van der Waals surface area contributed by atoms with Gasteiger partial charge in [0.2, 0.25) is 0 Å². The number of carbonyl (C=O) groups excluding carboxylic acids is 1. The Hall–Kier alpha value is -4.26. The van der Waals surface area contributed by atoms with Gasteiger partial charge in [-0.3, -0.25) is 4.79 Å². The number of hydrogen-bond acceptors (Lipinski definition) is 4. The van der Waals surface area contributed by atoms with E-state index in [2.05, 4.69) is 16.6 Å². The van der Waals surface area contributed by atoms with Crippen molar-refractivity contribution in [2.75, 3.05) is 7.11 Å². The minimum absolute atomic E-state index is 0.306. The highest BCUT2D eigenvalue weighted by molar-refractivity contribution is 5.91. The van der Waals surface area contributed by atoms with E-state index in [0.717, 1.165) is 46.5 Å². The van der Waals surface area contributed by atoms with E-state index in [1.807, 2.05) is 36.4 Å². The van der Waals surface area contributed by atoms with Gasteiger partial charge < -0.3 is 9.30 Å². The maximum absolute atomic E-state index is 13.8. The van der Waals surface area contributed by atoms with Crippen LogP contribution in [0.2, 0.25) is 0 Å². The Morgan fingerprint density at radius 2 is 1.94 bits per heavy atom. The number of imidazole rings is 1. The standard InChI is InChI=1S/C27H23FN4O2/c1-3-31-26-10-8-18(24-16-23(34-2)9-7-19(24)17-33)13-25(26)30-27(31)15-22-11-12-29-32(22)21-6-4-5-20(28)14-21/h4-14,16-17H,3,15H2,1-2H3. The summed E-state index contributed by atoms with van der Waals surface area (Å²) in [5, 5.41) is 4.39. The van der Waals surface area contributed by atoms with E-state index in [4.69, 9.17) is 9.72 Å². The molecule has 0 aliphatic heterocycles. The van der Waals surface area contributed by atoms with Crippen LogP contribution in [-0.4, -0.2) is 32.7 Å². The predicted molar refractivity (Wildman–Crippen MR) is 129 cm³/mol. The summed E-state index contributed by atoms with van der Waals surface area (Å²) in [5.41, 5.74) is 5.71. The van der Waals surface area contributed by atoms with Crippen molar-refractivity contribution in [2.45, 2.75) is 19.9 Å². The van der Waals surface area contributed by atoms with E-state index in [-0.39, 0.29) is 5.82 Å². The Bertz CT molecular complexity index is 1500. The van der Waals surface area contributed by atoms with E-state index in [1.54, 1.807) is 36.2 Å². The smallest absolute Gasteiger partial charge is 0.150 e. The van der Waals surface area contributed by atoms with Crippen molar-refractivity contribution in [1.29, 1.82) is 0 Å². The van der Waals surface area contributed by atoms with Crippen LogP contribution in [0.1, 0.15) is 28.8 Å². The number of halogens is 1. The van der Waals surface area contributed by atoms with Gasteiger partial charge in [0.05, 0.1) is 29.5 Å². The number of hydrogen-bond donors (Lipinski definition) is 0. The van der Waals surface area contributed by atoms with Crippen molar-refractivity contribution in [3.05, 3.63) is 95.8 Å². The molecule has 7 heteroatoms. The number of methoxy groups -OCH3 is 1. The molecule has 0 aliphatic carbocycles. The monoisotopic (exact) mass is 454 g/mol. The topological polar surface area (TPSA) is 61.9 Å². The summed E-state index contributed by atoms with van der Waals surface area (Å²) in [7, 11) is 1.60. The molecule has 6 nitrogen and oxygen atoms in total. The maximum Gasteiger partial charge on any atom is 0.150 e. The number of aryl methyl sites for hydroxylation is 1. The molecule has 0 fully saturated rings. The summed E-state index contributed by atoms with van der Waals surface area (Å²) >= 11 is 0. The first-order valence-electron chi connectivity index (χ1n) is 11.0.